The number of pyridine rings is 1. The molecular formula is C14H13N3S. The first-order valence-corrected chi connectivity index (χ1v) is 6.59. The fourth-order valence-electron chi connectivity index (χ4n) is 1.87. The highest BCUT2D eigenvalue weighted by Crippen LogP contribution is 2.26. The van der Waals surface area contributed by atoms with E-state index in [9.17, 15) is 0 Å². The van der Waals surface area contributed by atoms with Crippen molar-refractivity contribution < 1.29 is 0 Å². The van der Waals surface area contributed by atoms with E-state index in [2.05, 4.69) is 40.4 Å². The molecule has 0 saturated carbocycles. The largest absolute Gasteiger partial charge is 0.354 e. The molecule has 1 N–H and O–H groups in total. The third-order valence-electron chi connectivity index (χ3n) is 2.81. The Balaban J connectivity index is 1.97. The van der Waals surface area contributed by atoms with Gasteiger partial charge in [-0.25, -0.2) is 4.98 Å². The van der Waals surface area contributed by atoms with Crippen LogP contribution in [0.1, 0.15) is 10.6 Å². The number of fused-ring (bicyclic) bond motifs is 1. The number of rotatable bonds is 2. The van der Waals surface area contributed by atoms with E-state index < -0.39 is 0 Å². The Morgan fingerprint density at radius 3 is 2.89 bits per heavy atom. The van der Waals surface area contributed by atoms with Crippen molar-refractivity contribution in [3.05, 3.63) is 47.2 Å². The van der Waals surface area contributed by atoms with Crippen LogP contribution < -0.4 is 5.32 Å². The molecule has 2 aromatic heterocycles. The Bertz CT molecular complexity index is 703. The quantitative estimate of drug-likeness (QED) is 0.750. The molecule has 0 amide bonds. The second-order valence-corrected chi connectivity index (χ2v) is 5.47. The number of aromatic nitrogens is 2. The lowest BCUT2D eigenvalue weighted by molar-refractivity contribution is 1.28. The van der Waals surface area contributed by atoms with Gasteiger partial charge in [0.05, 0.1) is 27.1 Å². The van der Waals surface area contributed by atoms with Gasteiger partial charge in [0.25, 0.3) is 0 Å². The van der Waals surface area contributed by atoms with E-state index in [-0.39, 0.29) is 0 Å². The summed E-state index contributed by atoms with van der Waals surface area (Å²) in [4.78, 5) is 8.63. The Kier molecular flexibility index (Phi) is 2.72. The van der Waals surface area contributed by atoms with E-state index in [4.69, 9.17) is 0 Å². The first-order chi connectivity index (χ1) is 8.72. The van der Waals surface area contributed by atoms with Crippen LogP contribution in [-0.4, -0.2) is 9.97 Å². The zero-order valence-electron chi connectivity index (χ0n) is 10.3. The lowest BCUT2D eigenvalue weighted by Crippen LogP contribution is -1.93. The molecule has 0 radical (unpaired) electrons. The maximum Gasteiger partial charge on any atom is 0.0907 e. The fraction of sp³-hybridized carbons (Fsp3) is 0.143. The molecule has 0 unspecified atom stereocenters. The van der Waals surface area contributed by atoms with E-state index >= 15 is 0 Å². The van der Waals surface area contributed by atoms with Gasteiger partial charge in [0.2, 0.25) is 0 Å². The molecule has 0 aliphatic rings. The maximum absolute atomic E-state index is 4.50. The summed E-state index contributed by atoms with van der Waals surface area (Å²) in [7, 11) is 0. The molecule has 0 spiro atoms. The number of benzene rings is 1. The van der Waals surface area contributed by atoms with E-state index in [0.29, 0.717) is 0 Å². The van der Waals surface area contributed by atoms with Crippen molar-refractivity contribution in [2.75, 3.05) is 5.32 Å². The van der Waals surface area contributed by atoms with Crippen LogP contribution in [-0.2, 0) is 0 Å². The molecule has 0 saturated heterocycles. The molecule has 3 rings (SSSR count). The van der Waals surface area contributed by atoms with Crippen LogP contribution >= 0.6 is 11.3 Å². The van der Waals surface area contributed by atoms with Crippen LogP contribution in [0, 0.1) is 13.8 Å². The van der Waals surface area contributed by atoms with Crippen molar-refractivity contribution in [1.82, 2.24) is 9.97 Å². The highest BCUT2D eigenvalue weighted by Gasteiger charge is 2.03. The van der Waals surface area contributed by atoms with E-state index in [0.717, 1.165) is 21.9 Å². The van der Waals surface area contributed by atoms with Crippen LogP contribution in [0.15, 0.2) is 36.7 Å². The number of aryl methyl sites for hydroxylation is 2. The minimum atomic E-state index is 1.03. The molecular weight excluding hydrogens is 242 g/mol. The van der Waals surface area contributed by atoms with Crippen molar-refractivity contribution in [3.63, 3.8) is 0 Å². The Morgan fingerprint density at radius 2 is 2.06 bits per heavy atom. The summed E-state index contributed by atoms with van der Waals surface area (Å²) < 4.78 is 1.22. The summed E-state index contributed by atoms with van der Waals surface area (Å²) in [6.07, 6.45) is 3.64. The standard InChI is InChI=1S/C14H13N3S/c1-9-5-6-15-8-13(9)17-11-3-4-14-12(7-11)16-10(2)18-14/h3-8,17H,1-2H3. The fourth-order valence-corrected chi connectivity index (χ4v) is 2.68. The predicted molar refractivity (Wildman–Crippen MR) is 76.6 cm³/mol. The van der Waals surface area contributed by atoms with Crippen molar-refractivity contribution in [2.24, 2.45) is 0 Å². The number of nitrogens with zero attached hydrogens (tertiary/aromatic N) is 2. The zero-order valence-corrected chi connectivity index (χ0v) is 11.1. The van der Waals surface area contributed by atoms with Crippen LogP contribution in [0.2, 0.25) is 0 Å². The van der Waals surface area contributed by atoms with E-state index in [1.807, 2.05) is 19.2 Å². The summed E-state index contributed by atoms with van der Waals surface area (Å²) >= 11 is 1.72. The second kappa shape index (κ2) is 4.38. The SMILES string of the molecule is Cc1nc2cc(Nc3cnccc3C)ccc2s1. The van der Waals surface area contributed by atoms with Gasteiger partial charge in [-0.15, -0.1) is 11.3 Å². The molecule has 18 heavy (non-hydrogen) atoms. The van der Waals surface area contributed by atoms with E-state index in [1.54, 1.807) is 17.5 Å². The Morgan fingerprint density at radius 1 is 1.17 bits per heavy atom. The van der Waals surface area contributed by atoms with Crippen molar-refractivity contribution in [1.29, 1.82) is 0 Å². The van der Waals surface area contributed by atoms with Gasteiger partial charge in [-0.2, -0.15) is 0 Å². The van der Waals surface area contributed by atoms with Crippen molar-refractivity contribution in [2.45, 2.75) is 13.8 Å². The number of anilines is 2. The van der Waals surface area contributed by atoms with E-state index in [1.165, 1.54) is 10.3 Å². The van der Waals surface area contributed by atoms with Gasteiger partial charge in [-0.05, 0) is 43.7 Å². The number of hydrogen-bond donors (Lipinski definition) is 1. The number of nitrogens with one attached hydrogen (secondary N) is 1. The molecule has 2 heterocycles. The zero-order chi connectivity index (χ0) is 12.5. The Labute approximate surface area is 110 Å². The summed E-state index contributed by atoms with van der Waals surface area (Å²) in [6, 6.07) is 8.25. The average Bonchev–Trinajstić information content (AvgIpc) is 2.71. The van der Waals surface area contributed by atoms with Crippen molar-refractivity contribution >= 4 is 32.9 Å². The first kappa shape index (κ1) is 11.2. The lowest BCUT2D eigenvalue weighted by Gasteiger charge is -2.08. The Hall–Kier alpha value is -1.94. The second-order valence-electron chi connectivity index (χ2n) is 4.23. The van der Waals surface area contributed by atoms with Crippen LogP contribution in [0.4, 0.5) is 11.4 Å². The summed E-state index contributed by atoms with van der Waals surface area (Å²) in [5.74, 6) is 0. The minimum Gasteiger partial charge on any atom is -0.354 e. The van der Waals surface area contributed by atoms with Gasteiger partial charge in [0, 0.05) is 11.9 Å². The third kappa shape index (κ3) is 2.07. The van der Waals surface area contributed by atoms with Gasteiger partial charge in [0.1, 0.15) is 0 Å². The normalized spacial score (nSPS) is 10.8. The third-order valence-corrected chi connectivity index (χ3v) is 3.76. The highest BCUT2D eigenvalue weighted by atomic mass is 32.1. The summed E-state index contributed by atoms with van der Waals surface area (Å²) in [5, 5.41) is 4.47. The molecule has 0 bridgehead atoms. The van der Waals surface area contributed by atoms with Crippen LogP contribution in [0.25, 0.3) is 10.2 Å². The van der Waals surface area contributed by atoms with Crippen LogP contribution in [0.5, 0.6) is 0 Å². The smallest absolute Gasteiger partial charge is 0.0907 e. The molecule has 0 aliphatic carbocycles. The van der Waals surface area contributed by atoms with Gasteiger partial charge in [-0.1, -0.05) is 0 Å². The molecule has 0 aliphatic heterocycles. The molecule has 0 fully saturated rings. The summed E-state index contributed by atoms with van der Waals surface area (Å²) in [5.41, 5.74) is 4.30. The molecule has 90 valence electrons. The first-order valence-electron chi connectivity index (χ1n) is 5.77. The van der Waals surface area contributed by atoms with Gasteiger partial charge >= 0.3 is 0 Å². The molecule has 1 aromatic carbocycles. The average molecular weight is 255 g/mol. The van der Waals surface area contributed by atoms with Gasteiger partial charge < -0.3 is 5.32 Å². The molecule has 3 aromatic rings. The lowest BCUT2D eigenvalue weighted by atomic mass is 10.2. The van der Waals surface area contributed by atoms with Crippen molar-refractivity contribution in [3.8, 4) is 0 Å². The topological polar surface area (TPSA) is 37.8 Å². The highest BCUT2D eigenvalue weighted by molar-refractivity contribution is 7.18. The maximum atomic E-state index is 4.50. The molecule has 3 nitrogen and oxygen atoms in total. The predicted octanol–water partition coefficient (Wildman–Crippen LogP) is 4.05. The van der Waals surface area contributed by atoms with Crippen LogP contribution in [0.3, 0.4) is 0 Å². The molecule has 4 heteroatoms. The number of thiazole rings is 1. The minimum absolute atomic E-state index is 1.03. The molecule has 0 atom stereocenters. The van der Waals surface area contributed by atoms with Gasteiger partial charge in [0.15, 0.2) is 0 Å². The summed E-state index contributed by atoms with van der Waals surface area (Å²) in [6.45, 7) is 4.10. The number of hydrogen-bond acceptors (Lipinski definition) is 4. The van der Waals surface area contributed by atoms with Gasteiger partial charge in [-0.3, -0.25) is 4.98 Å². The monoisotopic (exact) mass is 255 g/mol.